The summed E-state index contributed by atoms with van der Waals surface area (Å²) >= 11 is 1.78. The topological polar surface area (TPSA) is 46.6 Å². The number of carbonyl (C=O) groups is 2. The van der Waals surface area contributed by atoms with Crippen LogP contribution < -0.4 is 4.74 Å². The smallest absolute Gasteiger partial charge is 0.229 e. The molecule has 0 spiro atoms. The third-order valence-corrected chi connectivity index (χ3v) is 5.06. The molecule has 1 fully saturated rings. The first kappa shape index (κ1) is 17.9. The van der Waals surface area contributed by atoms with Crippen LogP contribution in [0, 0.1) is 5.41 Å². The molecular formula is C18H25NO3S. The molecule has 0 atom stereocenters. The highest BCUT2D eigenvalue weighted by Gasteiger charge is 2.36. The number of hydrogen-bond donors (Lipinski definition) is 0. The fraction of sp³-hybridized carbons (Fsp3) is 0.556. The molecule has 126 valence electrons. The first-order chi connectivity index (χ1) is 10.9. The fourth-order valence-corrected chi connectivity index (χ4v) is 3.61. The third-order valence-electron chi connectivity index (χ3n) is 3.97. The lowest BCUT2D eigenvalue weighted by Gasteiger charge is -2.34. The highest BCUT2D eigenvalue weighted by Crippen LogP contribution is 2.31. The molecule has 5 heteroatoms. The van der Waals surface area contributed by atoms with Crippen LogP contribution in [-0.4, -0.2) is 36.1 Å². The van der Waals surface area contributed by atoms with Crippen LogP contribution in [0.4, 0.5) is 0 Å². The molecule has 1 saturated heterocycles. The van der Waals surface area contributed by atoms with Crippen LogP contribution >= 0.6 is 11.8 Å². The van der Waals surface area contributed by atoms with E-state index in [2.05, 4.69) is 0 Å². The molecule has 1 aromatic rings. The number of carbonyl (C=O) groups excluding carboxylic acids is 2. The average Bonchev–Trinajstić information content (AvgIpc) is 2.49. The summed E-state index contributed by atoms with van der Waals surface area (Å²) in [6.07, 6.45) is 2.79. The van der Waals surface area contributed by atoms with Crippen molar-refractivity contribution < 1.29 is 14.3 Å². The highest BCUT2D eigenvalue weighted by molar-refractivity contribution is 7.99. The number of amides is 2. The van der Waals surface area contributed by atoms with Crippen molar-refractivity contribution in [3.05, 3.63) is 24.3 Å². The van der Waals surface area contributed by atoms with E-state index in [1.54, 1.807) is 18.9 Å². The Morgan fingerprint density at radius 2 is 1.70 bits per heavy atom. The number of rotatable bonds is 7. The maximum absolute atomic E-state index is 12.1. The summed E-state index contributed by atoms with van der Waals surface area (Å²) in [6.45, 7) is 4.51. The summed E-state index contributed by atoms with van der Waals surface area (Å²) in [4.78, 5) is 26.8. The van der Waals surface area contributed by atoms with Gasteiger partial charge < -0.3 is 4.74 Å². The van der Waals surface area contributed by atoms with Gasteiger partial charge in [0.15, 0.2) is 0 Å². The van der Waals surface area contributed by atoms with E-state index < -0.39 is 0 Å². The fourth-order valence-electron chi connectivity index (χ4n) is 2.69. The number of nitrogens with zero attached hydrogens (tertiary/aromatic N) is 1. The van der Waals surface area contributed by atoms with E-state index in [1.807, 2.05) is 38.1 Å². The lowest BCUT2D eigenvalue weighted by Crippen LogP contribution is -2.46. The summed E-state index contributed by atoms with van der Waals surface area (Å²) in [7, 11) is 1.66. The largest absolute Gasteiger partial charge is 0.497 e. The van der Waals surface area contributed by atoms with E-state index in [0.717, 1.165) is 24.3 Å². The number of benzene rings is 1. The van der Waals surface area contributed by atoms with Crippen molar-refractivity contribution in [2.75, 3.05) is 19.4 Å². The number of ether oxygens (including phenoxy) is 1. The molecule has 0 bridgehead atoms. The van der Waals surface area contributed by atoms with Gasteiger partial charge in [-0.05, 0) is 48.3 Å². The van der Waals surface area contributed by atoms with Gasteiger partial charge in [-0.15, -0.1) is 11.8 Å². The molecule has 0 aliphatic carbocycles. The van der Waals surface area contributed by atoms with E-state index in [0.29, 0.717) is 19.4 Å². The predicted molar refractivity (Wildman–Crippen MR) is 92.7 cm³/mol. The number of thioether (sulfide) groups is 1. The van der Waals surface area contributed by atoms with Crippen LogP contribution in [0.1, 0.15) is 39.5 Å². The minimum absolute atomic E-state index is 0.0194. The van der Waals surface area contributed by atoms with Gasteiger partial charge in [0.25, 0.3) is 0 Å². The van der Waals surface area contributed by atoms with Gasteiger partial charge in [0.2, 0.25) is 11.8 Å². The molecule has 0 unspecified atom stereocenters. The molecule has 23 heavy (non-hydrogen) atoms. The zero-order valence-corrected chi connectivity index (χ0v) is 14.9. The van der Waals surface area contributed by atoms with Gasteiger partial charge in [-0.2, -0.15) is 0 Å². The number of methoxy groups -OCH3 is 1. The summed E-state index contributed by atoms with van der Waals surface area (Å²) in [5.41, 5.74) is -0.186. The molecule has 1 aromatic carbocycles. The molecule has 1 aliphatic rings. The normalized spacial score (nSPS) is 17.4. The zero-order chi connectivity index (χ0) is 16.9. The van der Waals surface area contributed by atoms with Gasteiger partial charge in [0, 0.05) is 24.3 Å². The quantitative estimate of drug-likeness (QED) is 0.433. The summed E-state index contributed by atoms with van der Waals surface area (Å²) < 4.78 is 5.14. The maximum atomic E-state index is 12.1. The molecule has 2 rings (SSSR count). The Morgan fingerprint density at radius 1 is 1.09 bits per heavy atom. The molecular weight excluding hydrogens is 310 g/mol. The van der Waals surface area contributed by atoms with Crippen molar-refractivity contribution in [2.24, 2.45) is 5.41 Å². The van der Waals surface area contributed by atoms with Crippen molar-refractivity contribution in [2.45, 2.75) is 44.4 Å². The second-order valence-electron chi connectivity index (χ2n) is 6.69. The lowest BCUT2D eigenvalue weighted by molar-refractivity contribution is -0.152. The van der Waals surface area contributed by atoms with Gasteiger partial charge in [0.05, 0.1) is 7.11 Å². The monoisotopic (exact) mass is 335 g/mol. The zero-order valence-electron chi connectivity index (χ0n) is 14.1. The molecule has 0 radical (unpaired) electrons. The van der Waals surface area contributed by atoms with Crippen LogP contribution in [0.2, 0.25) is 0 Å². The van der Waals surface area contributed by atoms with Gasteiger partial charge in [-0.25, -0.2) is 0 Å². The second kappa shape index (κ2) is 7.86. The third kappa shape index (κ3) is 5.27. The van der Waals surface area contributed by atoms with E-state index in [9.17, 15) is 9.59 Å². The van der Waals surface area contributed by atoms with E-state index in [1.165, 1.54) is 9.80 Å². The summed E-state index contributed by atoms with van der Waals surface area (Å²) in [5.74, 6) is 1.80. The highest BCUT2D eigenvalue weighted by atomic mass is 32.2. The van der Waals surface area contributed by atoms with Gasteiger partial charge >= 0.3 is 0 Å². The van der Waals surface area contributed by atoms with Gasteiger partial charge in [0.1, 0.15) is 5.75 Å². The molecule has 2 amide bonds. The Hall–Kier alpha value is -1.49. The van der Waals surface area contributed by atoms with Crippen LogP contribution in [0.15, 0.2) is 29.2 Å². The summed E-state index contributed by atoms with van der Waals surface area (Å²) in [6, 6.07) is 8.00. The minimum Gasteiger partial charge on any atom is -0.497 e. The van der Waals surface area contributed by atoms with Crippen LogP contribution in [0.3, 0.4) is 0 Å². The number of piperidine rings is 1. The van der Waals surface area contributed by atoms with Crippen LogP contribution in [0.25, 0.3) is 0 Å². The maximum Gasteiger partial charge on any atom is 0.229 e. The lowest BCUT2D eigenvalue weighted by atomic mass is 9.82. The number of hydrogen-bond acceptors (Lipinski definition) is 4. The molecule has 1 aliphatic heterocycles. The van der Waals surface area contributed by atoms with Crippen molar-refractivity contribution in [1.29, 1.82) is 0 Å². The second-order valence-corrected chi connectivity index (χ2v) is 7.86. The number of unbranched alkanes of at least 4 members (excludes halogenated alkanes) is 1. The number of imide groups is 1. The van der Waals surface area contributed by atoms with Crippen molar-refractivity contribution in [1.82, 2.24) is 4.90 Å². The van der Waals surface area contributed by atoms with Crippen molar-refractivity contribution in [3.8, 4) is 5.75 Å². The van der Waals surface area contributed by atoms with E-state index in [4.69, 9.17) is 4.74 Å². The van der Waals surface area contributed by atoms with E-state index in [-0.39, 0.29) is 17.2 Å². The first-order valence-electron chi connectivity index (χ1n) is 8.01. The Kier molecular flexibility index (Phi) is 6.10. The van der Waals surface area contributed by atoms with E-state index >= 15 is 0 Å². The Bertz CT molecular complexity index is 534. The van der Waals surface area contributed by atoms with Gasteiger partial charge in [-0.1, -0.05) is 13.8 Å². The molecule has 1 heterocycles. The average molecular weight is 335 g/mol. The Labute approximate surface area is 142 Å². The molecule has 0 N–H and O–H groups in total. The van der Waals surface area contributed by atoms with Crippen molar-refractivity contribution in [3.63, 3.8) is 0 Å². The molecule has 4 nitrogen and oxygen atoms in total. The molecule has 0 saturated carbocycles. The summed E-state index contributed by atoms with van der Waals surface area (Å²) in [5, 5.41) is 0. The Morgan fingerprint density at radius 3 is 2.26 bits per heavy atom. The first-order valence-corrected chi connectivity index (χ1v) is 9.00. The van der Waals surface area contributed by atoms with Gasteiger partial charge in [-0.3, -0.25) is 14.5 Å². The predicted octanol–water partition coefficient (Wildman–Crippen LogP) is 3.74. The number of likely N-dealkylation sites (tertiary alicyclic amines) is 1. The van der Waals surface area contributed by atoms with Crippen LogP contribution in [0.5, 0.6) is 5.75 Å². The molecule has 0 aromatic heterocycles. The van der Waals surface area contributed by atoms with Crippen LogP contribution in [-0.2, 0) is 9.59 Å². The van der Waals surface area contributed by atoms with Crippen molar-refractivity contribution >= 4 is 23.6 Å². The standard InChI is InChI=1S/C18H25NO3S/c1-18(2)12-16(20)19(17(21)13-18)10-4-5-11-23-15-8-6-14(22-3)7-9-15/h6-9H,4-5,10-13H2,1-3H3. The minimum atomic E-state index is -0.186. The Balaban J connectivity index is 1.69. The SMILES string of the molecule is COc1ccc(SCCCCN2C(=O)CC(C)(C)CC2=O)cc1.